The zero-order valence-electron chi connectivity index (χ0n) is 17.1. The van der Waals surface area contributed by atoms with Gasteiger partial charge in [-0.2, -0.15) is 0 Å². The number of nitrogens with one attached hydrogen (secondary N) is 1. The van der Waals surface area contributed by atoms with Gasteiger partial charge < -0.3 is 19.9 Å². The summed E-state index contributed by atoms with van der Waals surface area (Å²) in [7, 11) is 0. The number of carbonyl (C=O) groups is 1. The second kappa shape index (κ2) is 9.68. The number of aliphatic hydroxyl groups excluding tert-OH is 1. The first kappa shape index (κ1) is 21.6. The second-order valence-electron chi connectivity index (χ2n) is 8.74. The standard InChI is InChI=1S/C22H30F2N2O4/c23-15-6-14(7-16(24)8-15)10-26-11-18(27)12-29-13-21-20(26)5-4-19(30-21)9-22(28)25-17-2-1-3-17/h6-8,17-21,27H,1-5,9-13H2,(H,25,28)/t18-,19+,20-,21+/m1/s1. The van der Waals surface area contributed by atoms with Crippen LogP contribution in [0.3, 0.4) is 0 Å². The number of ether oxygens (including phenoxy) is 2. The Labute approximate surface area is 175 Å². The predicted octanol–water partition coefficient (Wildman–Crippen LogP) is 2.13. The summed E-state index contributed by atoms with van der Waals surface area (Å²) in [5.41, 5.74) is 0.516. The highest BCUT2D eigenvalue weighted by Crippen LogP contribution is 2.29. The highest BCUT2D eigenvalue weighted by atomic mass is 19.1. The first-order chi connectivity index (χ1) is 14.5. The number of aliphatic hydroxyl groups is 1. The fourth-order valence-electron chi connectivity index (χ4n) is 4.61. The molecule has 4 atom stereocenters. The summed E-state index contributed by atoms with van der Waals surface area (Å²) in [5.74, 6) is -1.21. The Hall–Kier alpha value is -1.61. The molecule has 1 saturated carbocycles. The smallest absolute Gasteiger partial charge is 0.222 e. The van der Waals surface area contributed by atoms with E-state index in [9.17, 15) is 18.7 Å². The third kappa shape index (κ3) is 5.55. The first-order valence-electron chi connectivity index (χ1n) is 10.9. The molecule has 2 aliphatic heterocycles. The zero-order valence-corrected chi connectivity index (χ0v) is 17.1. The Morgan fingerprint density at radius 3 is 2.60 bits per heavy atom. The van der Waals surface area contributed by atoms with Crippen LogP contribution in [0.4, 0.5) is 8.78 Å². The molecule has 8 heteroatoms. The lowest BCUT2D eigenvalue weighted by Crippen LogP contribution is -2.55. The maximum atomic E-state index is 13.6. The Balaban J connectivity index is 1.40. The molecule has 2 heterocycles. The molecule has 0 radical (unpaired) electrons. The van der Waals surface area contributed by atoms with Crippen molar-refractivity contribution in [1.82, 2.24) is 10.2 Å². The van der Waals surface area contributed by atoms with Crippen molar-refractivity contribution in [3.63, 3.8) is 0 Å². The number of carbonyl (C=O) groups excluding carboxylic acids is 1. The highest BCUT2D eigenvalue weighted by Gasteiger charge is 2.38. The SMILES string of the molecule is O=C(C[C@@H]1CC[C@@H]2[C@H](COC[C@H](O)CN2Cc2cc(F)cc(F)c2)O1)NC1CCC1. The monoisotopic (exact) mass is 424 g/mol. The summed E-state index contributed by atoms with van der Waals surface area (Å²) in [6.07, 6.45) is 3.96. The van der Waals surface area contributed by atoms with E-state index in [-0.39, 0.29) is 30.8 Å². The van der Waals surface area contributed by atoms with Crippen LogP contribution in [0, 0.1) is 11.6 Å². The van der Waals surface area contributed by atoms with E-state index in [1.165, 1.54) is 18.6 Å². The highest BCUT2D eigenvalue weighted by molar-refractivity contribution is 5.76. The van der Waals surface area contributed by atoms with E-state index in [1.807, 2.05) is 4.90 Å². The minimum atomic E-state index is -0.685. The minimum Gasteiger partial charge on any atom is -0.389 e. The molecule has 1 aromatic carbocycles. The molecule has 3 aliphatic rings. The lowest BCUT2D eigenvalue weighted by atomic mass is 9.92. The van der Waals surface area contributed by atoms with Crippen LogP contribution in [0.5, 0.6) is 0 Å². The maximum Gasteiger partial charge on any atom is 0.222 e. The molecular weight excluding hydrogens is 394 g/mol. The van der Waals surface area contributed by atoms with Crippen molar-refractivity contribution >= 4 is 5.91 Å². The van der Waals surface area contributed by atoms with Crippen molar-refractivity contribution in [3.8, 4) is 0 Å². The van der Waals surface area contributed by atoms with Crippen LogP contribution in [-0.4, -0.2) is 66.1 Å². The van der Waals surface area contributed by atoms with Gasteiger partial charge in [0.05, 0.1) is 37.9 Å². The van der Waals surface area contributed by atoms with E-state index >= 15 is 0 Å². The number of hydrogen-bond acceptors (Lipinski definition) is 5. The quantitative estimate of drug-likeness (QED) is 0.758. The maximum absolute atomic E-state index is 13.6. The van der Waals surface area contributed by atoms with Crippen molar-refractivity contribution < 1.29 is 28.2 Å². The molecule has 1 aliphatic carbocycles. The van der Waals surface area contributed by atoms with Crippen molar-refractivity contribution in [2.24, 2.45) is 0 Å². The summed E-state index contributed by atoms with van der Waals surface area (Å²) in [5, 5.41) is 13.3. The third-order valence-corrected chi connectivity index (χ3v) is 6.28. The number of benzene rings is 1. The summed E-state index contributed by atoms with van der Waals surface area (Å²) in [6, 6.07) is 3.74. The largest absolute Gasteiger partial charge is 0.389 e. The molecule has 0 spiro atoms. The molecule has 2 saturated heterocycles. The lowest BCUT2D eigenvalue weighted by Gasteiger charge is -2.44. The van der Waals surface area contributed by atoms with Crippen molar-refractivity contribution in [2.45, 2.75) is 75.5 Å². The van der Waals surface area contributed by atoms with E-state index in [0.29, 0.717) is 44.1 Å². The van der Waals surface area contributed by atoms with Crippen molar-refractivity contribution in [3.05, 3.63) is 35.4 Å². The molecule has 166 valence electrons. The number of amides is 1. The molecule has 0 aromatic heterocycles. The van der Waals surface area contributed by atoms with Crippen LogP contribution in [0.1, 0.15) is 44.1 Å². The van der Waals surface area contributed by atoms with E-state index in [1.54, 1.807) is 0 Å². The molecule has 30 heavy (non-hydrogen) atoms. The normalized spacial score (nSPS) is 30.6. The van der Waals surface area contributed by atoms with E-state index in [0.717, 1.165) is 25.3 Å². The molecule has 0 unspecified atom stereocenters. The van der Waals surface area contributed by atoms with Crippen LogP contribution in [0.15, 0.2) is 18.2 Å². The number of hydrogen-bond donors (Lipinski definition) is 2. The zero-order chi connectivity index (χ0) is 21.1. The van der Waals surface area contributed by atoms with Crippen molar-refractivity contribution in [1.29, 1.82) is 0 Å². The molecule has 0 bridgehead atoms. The molecule has 4 rings (SSSR count). The average molecular weight is 424 g/mol. The number of halogens is 2. The Morgan fingerprint density at radius 1 is 1.13 bits per heavy atom. The summed E-state index contributed by atoms with van der Waals surface area (Å²) in [4.78, 5) is 14.3. The van der Waals surface area contributed by atoms with Crippen molar-refractivity contribution in [2.75, 3.05) is 19.8 Å². The predicted molar refractivity (Wildman–Crippen MR) is 106 cm³/mol. The Kier molecular flexibility index (Phi) is 6.98. The van der Waals surface area contributed by atoms with Crippen LogP contribution in [-0.2, 0) is 20.8 Å². The van der Waals surface area contributed by atoms with Gasteiger partial charge in [0.1, 0.15) is 11.6 Å². The van der Waals surface area contributed by atoms with Gasteiger partial charge in [0.2, 0.25) is 5.91 Å². The number of rotatable bonds is 5. The summed E-state index contributed by atoms with van der Waals surface area (Å²) in [6.45, 7) is 1.13. The van der Waals surface area contributed by atoms with Gasteiger partial charge in [0, 0.05) is 31.2 Å². The van der Waals surface area contributed by atoms with Gasteiger partial charge in [-0.25, -0.2) is 8.78 Å². The van der Waals surface area contributed by atoms with E-state index in [4.69, 9.17) is 9.47 Å². The van der Waals surface area contributed by atoms with Gasteiger partial charge in [-0.15, -0.1) is 0 Å². The summed E-state index contributed by atoms with van der Waals surface area (Å²) >= 11 is 0. The molecule has 1 amide bonds. The first-order valence-corrected chi connectivity index (χ1v) is 10.9. The van der Waals surface area contributed by atoms with E-state index in [2.05, 4.69) is 5.32 Å². The average Bonchev–Trinajstić information content (AvgIpc) is 2.62. The lowest BCUT2D eigenvalue weighted by molar-refractivity contribution is -0.158. The number of fused-ring (bicyclic) bond motifs is 1. The Morgan fingerprint density at radius 2 is 1.90 bits per heavy atom. The molecule has 3 fully saturated rings. The fraction of sp³-hybridized carbons (Fsp3) is 0.682. The van der Waals surface area contributed by atoms with Gasteiger partial charge >= 0.3 is 0 Å². The second-order valence-corrected chi connectivity index (χ2v) is 8.74. The number of nitrogens with zero attached hydrogens (tertiary/aromatic N) is 1. The van der Waals surface area contributed by atoms with Gasteiger partial charge in [-0.05, 0) is 49.8 Å². The minimum absolute atomic E-state index is 0.0254. The van der Waals surface area contributed by atoms with Gasteiger partial charge in [0.15, 0.2) is 0 Å². The molecule has 1 aromatic rings. The van der Waals surface area contributed by atoms with Gasteiger partial charge in [0.25, 0.3) is 0 Å². The van der Waals surface area contributed by atoms with Crippen LogP contribution >= 0.6 is 0 Å². The van der Waals surface area contributed by atoms with Gasteiger partial charge in [-0.1, -0.05) is 0 Å². The van der Waals surface area contributed by atoms with Gasteiger partial charge in [-0.3, -0.25) is 9.69 Å². The van der Waals surface area contributed by atoms with Crippen LogP contribution < -0.4 is 5.32 Å². The fourth-order valence-corrected chi connectivity index (χ4v) is 4.61. The van der Waals surface area contributed by atoms with Crippen LogP contribution in [0.2, 0.25) is 0 Å². The van der Waals surface area contributed by atoms with Crippen LogP contribution in [0.25, 0.3) is 0 Å². The molecule has 6 nitrogen and oxygen atoms in total. The number of β-amino-alcohol motifs (C(OH)–C–C–N with tert-alkyl or cyclic N) is 1. The van der Waals surface area contributed by atoms with E-state index < -0.39 is 17.7 Å². The topological polar surface area (TPSA) is 71.0 Å². The molecular formula is C22H30F2N2O4. The third-order valence-electron chi connectivity index (χ3n) is 6.28. The summed E-state index contributed by atoms with van der Waals surface area (Å²) < 4.78 is 39.1. The Bertz CT molecular complexity index is 726. The molecule has 2 N–H and O–H groups in total.